The predicted molar refractivity (Wildman–Crippen MR) is 95.9 cm³/mol. The molecular formula is C17H17Cl2N3O3. The molecule has 1 N–H and O–H groups in total. The summed E-state index contributed by atoms with van der Waals surface area (Å²) in [4.78, 5) is 20.5. The minimum absolute atomic E-state index is 0.135. The maximum atomic E-state index is 12.5. The smallest absolute Gasteiger partial charge is 0.274 e. The number of hydrogen-bond acceptors (Lipinski definition) is 5. The Labute approximate surface area is 155 Å². The van der Waals surface area contributed by atoms with Crippen LogP contribution in [0.2, 0.25) is 10.0 Å². The van der Waals surface area contributed by atoms with Crippen LogP contribution in [0.1, 0.15) is 36.2 Å². The van der Waals surface area contributed by atoms with Gasteiger partial charge in [-0.3, -0.25) is 9.78 Å². The number of nitrogens with one attached hydrogen (secondary N) is 1. The number of anilines is 1. The van der Waals surface area contributed by atoms with Gasteiger partial charge in [0.25, 0.3) is 5.91 Å². The van der Waals surface area contributed by atoms with Gasteiger partial charge in [0.05, 0.1) is 35.1 Å². The topological polar surface area (TPSA) is 73.3 Å². The quantitative estimate of drug-likeness (QED) is 0.832. The van der Waals surface area contributed by atoms with E-state index in [0.29, 0.717) is 17.2 Å². The number of amides is 1. The molecule has 0 aromatic carbocycles. The lowest BCUT2D eigenvalue weighted by molar-refractivity contribution is 0.102. The summed E-state index contributed by atoms with van der Waals surface area (Å²) in [6, 6.07) is 1.56. The van der Waals surface area contributed by atoms with Gasteiger partial charge in [-0.15, -0.1) is 0 Å². The number of nitrogens with zero attached hydrogens (tertiary/aromatic N) is 2. The minimum atomic E-state index is -0.450. The van der Waals surface area contributed by atoms with Crippen molar-refractivity contribution < 1.29 is 14.3 Å². The van der Waals surface area contributed by atoms with Gasteiger partial charge >= 0.3 is 0 Å². The van der Waals surface area contributed by atoms with E-state index in [-0.39, 0.29) is 21.8 Å². The third-order valence-electron chi connectivity index (χ3n) is 3.97. The van der Waals surface area contributed by atoms with Crippen LogP contribution in [0.3, 0.4) is 0 Å². The molecule has 0 aliphatic heterocycles. The van der Waals surface area contributed by atoms with Gasteiger partial charge in [-0.1, -0.05) is 23.2 Å². The molecule has 132 valence electrons. The first kappa shape index (κ1) is 17.8. The Kier molecular flexibility index (Phi) is 5.60. The zero-order valence-corrected chi connectivity index (χ0v) is 15.1. The Hall–Kier alpha value is -2.05. The zero-order valence-electron chi connectivity index (χ0n) is 13.6. The monoisotopic (exact) mass is 381 g/mol. The molecule has 25 heavy (non-hydrogen) atoms. The van der Waals surface area contributed by atoms with Gasteiger partial charge in [-0.25, -0.2) is 4.98 Å². The second-order valence-corrected chi connectivity index (χ2v) is 6.49. The summed E-state index contributed by atoms with van der Waals surface area (Å²) in [5.74, 6) is 0.541. The number of aromatic nitrogens is 2. The van der Waals surface area contributed by atoms with Gasteiger partial charge in [-0.05, 0) is 25.7 Å². The van der Waals surface area contributed by atoms with Crippen molar-refractivity contribution in [1.82, 2.24) is 9.97 Å². The molecule has 2 aromatic heterocycles. The highest BCUT2D eigenvalue weighted by molar-refractivity contribution is 6.39. The molecule has 3 rings (SSSR count). The molecule has 0 saturated heterocycles. The van der Waals surface area contributed by atoms with E-state index in [9.17, 15) is 4.79 Å². The molecule has 1 fully saturated rings. The zero-order chi connectivity index (χ0) is 17.8. The Morgan fingerprint density at radius 3 is 2.48 bits per heavy atom. The number of carbonyl (C=O) groups excluding carboxylic acids is 1. The summed E-state index contributed by atoms with van der Waals surface area (Å²) in [6.45, 7) is 0. The van der Waals surface area contributed by atoms with Crippen LogP contribution in [-0.2, 0) is 0 Å². The molecule has 0 bridgehead atoms. The normalized spacial score (nSPS) is 14.4. The molecule has 8 heteroatoms. The molecular weight excluding hydrogens is 365 g/mol. The minimum Gasteiger partial charge on any atom is -0.491 e. The Bertz CT molecular complexity index is 759. The Morgan fingerprint density at radius 2 is 1.84 bits per heavy atom. The number of rotatable bonds is 5. The SMILES string of the molecule is COc1cnc(C(=O)Nc2c(Cl)cncc2Cl)cc1OC1CCCC1. The van der Waals surface area contributed by atoms with Crippen LogP contribution in [0.15, 0.2) is 24.7 Å². The van der Waals surface area contributed by atoms with E-state index in [2.05, 4.69) is 15.3 Å². The van der Waals surface area contributed by atoms with Gasteiger partial charge in [0.1, 0.15) is 5.69 Å². The lowest BCUT2D eigenvalue weighted by Crippen LogP contribution is -2.16. The van der Waals surface area contributed by atoms with Gasteiger partial charge < -0.3 is 14.8 Å². The molecule has 0 spiro atoms. The van der Waals surface area contributed by atoms with E-state index in [1.54, 1.807) is 6.07 Å². The summed E-state index contributed by atoms with van der Waals surface area (Å²) in [6.07, 6.45) is 8.68. The van der Waals surface area contributed by atoms with Crippen LogP contribution < -0.4 is 14.8 Å². The molecule has 2 heterocycles. The van der Waals surface area contributed by atoms with Gasteiger partial charge in [0.2, 0.25) is 0 Å². The summed E-state index contributed by atoms with van der Waals surface area (Å²) in [5, 5.41) is 3.15. The Morgan fingerprint density at radius 1 is 1.16 bits per heavy atom. The fourth-order valence-electron chi connectivity index (χ4n) is 2.69. The predicted octanol–water partition coefficient (Wildman–Crippen LogP) is 4.37. The molecule has 2 aromatic rings. The van der Waals surface area contributed by atoms with E-state index in [4.69, 9.17) is 32.7 Å². The standard InChI is InChI=1S/C17H17Cl2N3O3/c1-24-15-9-21-13(6-14(15)25-10-4-2-3-5-10)17(23)22-16-11(18)7-20-8-12(16)19/h6-10H,2-5H2,1H3,(H,20,22,23). The summed E-state index contributed by atoms with van der Waals surface area (Å²) < 4.78 is 11.3. The largest absolute Gasteiger partial charge is 0.491 e. The van der Waals surface area contributed by atoms with Crippen LogP contribution in [0.4, 0.5) is 5.69 Å². The average Bonchev–Trinajstić information content (AvgIpc) is 3.11. The Balaban J connectivity index is 1.82. The summed E-state index contributed by atoms with van der Waals surface area (Å²) >= 11 is 12.1. The molecule has 1 aliphatic rings. The molecule has 1 amide bonds. The van der Waals surface area contributed by atoms with Gasteiger partial charge in [-0.2, -0.15) is 0 Å². The molecule has 1 aliphatic carbocycles. The average molecular weight is 382 g/mol. The second kappa shape index (κ2) is 7.89. The van der Waals surface area contributed by atoms with Crippen molar-refractivity contribution >= 4 is 34.8 Å². The lowest BCUT2D eigenvalue weighted by Gasteiger charge is -2.16. The highest BCUT2D eigenvalue weighted by atomic mass is 35.5. The number of pyridine rings is 2. The maximum absolute atomic E-state index is 12.5. The van der Waals surface area contributed by atoms with Crippen molar-refractivity contribution in [2.45, 2.75) is 31.8 Å². The first-order valence-electron chi connectivity index (χ1n) is 7.89. The maximum Gasteiger partial charge on any atom is 0.274 e. The molecule has 0 radical (unpaired) electrons. The van der Waals surface area contributed by atoms with Crippen LogP contribution >= 0.6 is 23.2 Å². The summed E-state index contributed by atoms with van der Waals surface area (Å²) in [7, 11) is 1.54. The first-order valence-corrected chi connectivity index (χ1v) is 8.65. The van der Waals surface area contributed by atoms with Gasteiger partial charge in [0, 0.05) is 18.5 Å². The second-order valence-electron chi connectivity index (χ2n) is 5.68. The van der Waals surface area contributed by atoms with Crippen molar-refractivity contribution in [3.05, 3.63) is 40.4 Å². The van der Waals surface area contributed by atoms with Crippen LogP contribution in [0, 0.1) is 0 Å². The third-order valence-corrected chi connectivity index (χ3v) is 4.55. The van der Waals surface area contributed by atoms with E-state index < -0.39 is 5.91 Å². The fourth-order valence-corrected chi connectivity index (χ4v) is 3.15. The molecule has 6 nitrogen and oxygen atoms in total. The van der Waals surface area contributed by atoms with E-state index in [1.807, 2.05) is 0 Å². The van der Waals surface area contributed by atoms with Crippen molar-refractivity contribution in [3.8, 4) is 11.5 Å². The lowest BCUT2D eigenvalue weighted by atomic mass is 10.2. The first-order chi connectivity index (χ1) is 12.1. The highest BCUT2D eigenvalue weighted by Crippen LogP contribution is 2.32. The van der Waals surface area contributed by atoms with Crippen LogP contribution in [-0.4, -0.2) is 29.1 Å². The van der Waals surface area contributed by atoms with Crippen molar-refractivity contribution in [2.75, 3.05) is 12.4 Å². The highest BCUT2D eigenvalue weighted by Gasteiger charge is 2.21. The number of hydrogen-bond donors (Lipinski definition) is 1. The van der Waals surface area contributed by atoms with Crippen molar-refractivity contribution in [1.29, 1.82) is 0 Å². The van der Waals surface area contributed by atoms with E-state index >= 15 is 0 Å². The third kappa shape index (κ3) is 4.14. The van der Waals surface area contributed by atoms with E-state index in [1.165, 1.54) is 25.7 Å². The van der Waals surface area contributed by atoms with Crippen molar-refractivity contribution in [2.24, 2.45) is 0 Å². The van der Waals surface area contributed by atoms with E-state index in [0.717, 1.165) is 25.7 Å². The number of ether oxygens (including phenoxy) is 2. The number of methoxy groups -OCH3 is 1. The number of carbonyl (C=O) groups is 1. The van der Waals surface area contributed by atoms with Gasteiger partial charge in [0.15, 0.2) is 11.5 Å². The summed E-state index contributed by atoms with van der Waals surface area (Å²) in [5.41, 5.74) is 0.469. The van der Waals surface area contributed by atoms with Crippen molar-refractivity contribution in [3.63, 3.8) is 0 Å². The van der Waals surface area contributed by atoms with Crippen LogP contribution in [0.5, 0.6) is 11.5 Å². The fraction of sp³-hybridized carbons (Fsp3) is 0.353. The molecule has 0 unspecified atom stereocenters. The number of halogens is 2. The molecule has 0 atom stereocenters. The van der Waals surface area contributed by atoms with Crippen LogP contribution in [0.25, 0.3) is 0 Å². The molecule has 1 saturated carbocycles.